The molecule has 0 fully saturated rings. The van der Waals surface area contributed by atoms with E-state index >= 15 is 0 Å². The molecule has 7 heteroatoms. The van der Waals surface area contributed by atoms with Gasteiger partial charge in [0.1, 0.15) is 0 Å². The van der Waals surface area contributed by atoms with E-state index < -0.39 is 0 Å². The largest absolute Gasteiger partial charge is 0.348 e. The van der Waals surface area contributed by atoms with Gasteiger partial charge in [-0.2, -0.15) is 0 Å². The fraction of sp³-hybridized carbons (Fsp3) is 0.125. The molecule has 0 bridgehead atoms. The minimum absolute atomic E-state index is 0.0624. The van der Waals surface area contributed by atoms with Gasteiger partial charge in [0, 0.05) is 10.6 Å². The van der Waals surface area contributed by atoms with Gasteiger partial charge in [-0.25, -0.2) is 4.98 Å². The van der Waals surface area contributed by atoms with Gasteiger partial charge in [0.05, 0.1) is 11.8 Å². The van der Waals surface area contributed by atoms with Crippen molar-refractivity contribution < 1.29 is 4.79 Å². The normalized spacial score (nSPS) is 11.8. The Bertz CT molecular complexity index is 1120. The van der Waals surface area contributed by atoms with Gasteiger partial charge >= 0.3 is 0 Å². The van der Waals surface area contributed by atoms with Gasteiger partial charge in [-0.3, -0.25) is 9.89 Å². The van der Waals surface area contributed by atoms with Gasteiger partial charge in [-0.1, -0.05) is 84.0 Å². The molecule has 1 aromatic heterocycles. The molecule has 2 N–H and O–H groups in total. The van der Waals surface area contributed by atoms with Crippen LogP contribution in [0.5, 0.6) is 0 Å². The molecule has 4 aromatic rings. The highest BCUT2D eigenvalue weighted by Crippen LogP contribution is 2.22. The zero-order chi connectivity index (χ0) is 21.5. The van der Waals surface area contributed by atoms with Crippen LogP contribution >= 0.6 is 23.4 Å². The van der Waals surface area contributed by atoms with E-state index in [-0.39, 0.29) is 17.7 Å². The van der Waals surface area contributed by atoms with Crippen LogP contribution in [0.4, 0.5) is 0 Å². The number of H-pyrrole nitrogens is 1. The molecule has 3 aromatic carbocycles. The van der Waals surface area contributed by atoms with Crippen molar-refractivity contribution in [3.8, 4) is 11.4 Å². The molecule has 1 heterocycles. The summed E-state index contributed by atoms with van der Waals surface area (Å²) >= 11 is 7.23. The summed E-state index contributed by atoms with van der Waals surface area (Å²) < 4.78 is 0. The number of benzene rings is 3. The molecule has 31 heavy (non-hydrogen) atoms. The lowest BCUT2D eigenvalue weighted by molar-refractivity contribution is -0.119. The summed E-state index contributed by atoms with van der Waals surface area (Å²) in [5, 5.41) is 11.5. The number of aromatic amines is 1. The lowest BCUT2D eigenvalue weighted by Gasteiger charge is -2.19. The SMILES string of the molecule is O=C(CSc1n[nH]c(-c2ccc(Cl)cc2)n1)NC(Cc1ccccc1)c1ccccc1. The molecule has 0 spiro atoms. The van der Waals surface area contributed by atoms with Crippen LogP contribution in [0.1, 0.15) is 17.2 Å². The van der Waals surface area contributed by atoms with Gasteiger partial charge in [-0.15, -0.1) is 5.10 Å². The van der Waals surface area contributed by atoms with Crippen LogP contribution in [-0.2, 0) is 11.2 Å². The molecular formula is C24H21ClN4OS. The number of hydrogen-bond donors (Lipinski definition) is 2. The summed E-state index contributed by atoms with van der Waals surface area (Å²) in [6.07, 6.45) is 0.725. The molecule has 1 atom stereocenters. The Labute approximate surface area is 190 Å². The summed E-state index contributed by atoms with van der Waals surface area (Å²) in [6.45, 7) is 0. The lowest BCUT2D eigenvalue weighted by Crippen LogP contribution is -2.31. The van der Waals surface area contributed by atoms with Crippen molar-refractivity contribution in [1.82, 2.24) is 20.5 Å². The summed E-state index contributed by atoms with van der Waals surface area (Å²) in [5.41, 5.74) is 3.14. The highest BCUT2D eigenvalue weighted by molar-refractivity contribution is 7.99. The van der Waals surface area contributed by atoms with Gasteiger partial charge in [0.15, 0.2) is 5.82 Å². The molecule has 0 aliphatic rings. The van der Waals surface area contributed by atoms with Gasteiger partial charge in [0.2, 0.25) is 11.1 Å². The standard InChI is InChI=1S/C24H21ClN4OS/c25-20-13-11-19(12-14-20)23-27-24(29-28-23)31-16-22(30)26-21(18-9-5-2-6-10-18)15-17-7-3-1-4-8-17/h1-14,21H,15-16H2,(H,26,30)(H,27,28,29). The minimum atomic E-state index is -0.103. The quantitative estimate of drug-likeness (QED) is 0.358. The first-order chi connectivity index (χ1) is 15.2. The Balaban J connectivity index is 1.38. The number of carbonyl (C=O) groups excluding carboxylic acids is 1. The zero-order valence-electron chi connectivity index (χ0n) is 16.7. The first-order valence-electron chi connectivity index (χ1n) is 9.87. The monoisotopic (exact) mass is 448 g/mol. The molecule has 156 valence electrons. The Morgan fingerprint density at radius 1 is 0.968 bits per heavy atom. The second-order valence-corrected chi connectivity index (χ2v) is 8.36. The van der Waals surface area contributed by atoms with Gasteiger partial charge < -0.3 is 5.32 Å². The number of rotatable bonds is 8. The van der Waals surface area contributed by atoms with Crippen LogP contribution in [0.15, 0.2) is 90.1 Å². The van der Waals surface area contributed by atoms with Crippen molar-refractivity contribution in [3.05, 3.63) is 101 Å². The van der Waals surface area contributed by atoms with Crippen molar-refractivity contribution in [2.75, 3.05) is 5.75 Å². The van der Waals surface area contributed by atoms with Crippen LogP contribution in [0.3, 0.4) is 0 Å². The zero-order valence-corrected chi connectivity index (χ0v) is 18.2. The van der Waals surface area contributed by atoms with Gasteiger partial charge in [-0.05, 0) is 41.8 Å². The smallest absolute Gasteiger partial charge is 0.230 e. The maximum Gasteiger partial charge on any atom is 0.230 e. The fourth-order valence-electron chi connectivity index (χ4n) is 3.20. The summed E-state index contributed by atoms with van der Waals surface area (Å²) in [6, 6.07) is 27.4. The molecule has 0 aliphatic heterocycles. The third kappa shape index (κ3) is 5.96. The summed E-state index contributed by atoms with van der Waals surface area (Å²) in [5.74, 6) is 0.814. The predicted molar refractivity (Wildman–Crippen MR) is 125 cm³/mol. The van der Waals surface area contributed by atoms with E-state index in [4.69, 9.17) is 11.6 Å². The Hall–Kier alpha value is -3.09. The van der Waals surface area contributed by atoms with E-state index in [2.05, 4.69) is 32.6 Å². The van der Waals surface area contributed by atoms with Crippen LogP contribution in [0, 0.1) is 0 Å². The molecule has 1 amide bonds. The van der Waals surface area contributed by atoms with Crippen molar-refractivity contribution in [1.29, 1.82) is 0 Å². The third-order valence-electron chi connectivity index (χ3n) is 4.73. The number of thioether (sulfide) groups is 1. The average molecular weight is 449 g/mol. The van der Waals surface area contributed by atoms with Crippen LogP contribution in [-0.4, -0.2) is 26.8 Å². The maximum absolute atomic E-state index is 12.7. The number of nitrogens with zero attached hydrogens (tertiary/aromatic N) is 2. The Kier molecular flexibility index (Phi) is 7.02. The number of carbonyl (C=O) groups is 1. The molecule has 0 saturated heterocycles. The Morgan fingerprint density at radius 2 is 1.65 bits per heavy atom. The molecule has 0 radical (unpaired) electrons. The van der Waals surface area contributed by atoms with Crippen LogP contribution in [0.25, 0.3) is 11.4 Å². The number of halogens is 1. The molecule has 4 rings (SSSR count). The van der Waals surface area contributed by atoms with Crippen molar-refractivity contribution in [2.45, 2.75) is 17.6 Å². The number of aromatic nitrogens is 3. The second kappa shape index (κ2) is 10.3. The molecular weight excluding hydrogens is 428 g/mol. The van der Waals surface area contributed by atoms with Crippen molar-refractivity contribution in [3.63, 3.8) is 0 Å². The number of nitrogens with one attached hydrogen (secondary N) is 2. The highest BCUT2D eigenvalue weighted by atomic mass is 35.5. The van der Waals surface area contributed by atoms with E-state index in [1.54, 1.807) is 12.1 Å². The van der Waals surface area contributed by atoms with E-state index in [9.17, 15) is 4.79 Å². The first-order valence-corrected chi connectivity index (χ1v) is 11.2. The van der Waals surface area contributed by atoms with Crippen molar-refractivity contribution >= 4 is 29.3 Å². The highest BCUT2D eigenvalue weighted by Gasteiger charge is 2.16. The second-order valence-electron chi connectivity index (χ2n) is 6.98. The molecule has 5 nitrogen and oxygen atoms in total. The predicted octanol–water partition coefficient (Wildman–Crippen LogP) is 5.32. The maximum atomic E-state index is 12.7. The van der Waals surface area contributed by atoms with E-state index in [1.807, 2.05) is 60.7 Å². The fourth-order valence-corrected chi connectivity index (χ4v) is 3.94. The van der Waals surface area contributed by atoms with Crippen LogP contribution < -0.4 is 5.32 Å². The van der Waals surface area contributed by atoms with Crippen molar-refractivity contribution in [2.24, 2.45) is 0 Å². The van der Waals surface area contributed by atoms with E-state index in [1.165, 1.54) is 17.3 Å². The van der Waals surface area contributed by atoms with E-state index in [0.717, 1.165) is 17.5 Å². The number of hydrogen-bond acceptors (Lipinski definition) is 4. The average Bonchev–Trinajstić information content (AvgIpc) is 3.28. The first kappa shape index (κ1) is 21.2. The van der Waals surface area contributed by atoms with E-state index in [0.29, 0.717) is 16.0 Å². The molecule has 1 unspecified atom stereocenters. The summed E-state index contributed by atoms with van der Waals surface area (Å²) in [4.78, 5) is 17.2. The number of amides is 1. The lowest BCUT2D eigenvalue weighted by atomic mass is 9.99. The summed E-state index contributed by atoms with van der Waals surface area (Å²) in [7, 11) is 0. The van der Waals surface area contributed by atoms with Crippen LogP contribution in [0.2, 0.25) is 5.02 Å². The minimum Gasteiger partial charge on any atom is -0.348 e. The molecule has 0 aliphatic carbocycles. The topological polar surface area (TPSA) is 70.7 Å². The third-order valence-corrected chi connectivity index (χ3v) is 5.83. The Morgan fingerprint density at radius 3 is 2.35 bits per heavy atom. The molecule has 0 saturated carbocycles. The van der Waals surface area contributed by atoms with Gasteiger partial charge in [0.25, 0.3) is 0 Å².